The van der Waals surface area contributed by atoms with Gasteiger partial charge in [0, 0.05) is 53.1 Å². The first-order valence-corrected chi connectivity index (χ1v) is 19.2. The van der Waals surface area contributed by atoms with E-state index in [1.807, 2.05) is 0 Å². The van der Waals surface area contributed by atoms with Crippen LogP contribution in [-0.2, 0) is 56.8 Å². The average Bonchev–Trinajstić information content (AvgIpc) is 3.25. The van der Waals surface area contributed by atoms with Crippen LogP contribution >= 0.6 is 0 Å². The largest absolute Gasteiger partial charge is 0.377 e. The van der Waals surface area contributed by atoms with E-state index in [1.165, 1.54) is 36.4 Å². The van der Waals surface area contributed by atoms with Crippen LogP contribution in [0.2, 0.25) is 0 Å². The molecule has 1 saturated heterocycles. The molecule has 0 aliphatic carbocycles. The fourth-order valence-corrected chi connectivity index (χ4v) is 5.23. The molecule has 0 saturated carbocycles. The van der Waals surface area contributed by atoms with Gasteiger partial charge in [0.15, 0.2) is 18.9 Å². The number of ether oxygens (including phenoxy) is 12. The van der Waals surface area contributed by atoms with Gasteiger partial charge in [0.2, 0.25) is 0 Å². The van der Waals surface area contributed by atoms with E-state index in [2.05, 4.69) is 0 Å². The van der Waals surface area contributed by atoms with Crippen LogP contribution in [0.3, 0.4) is 0 Å². The van der Waals surface area contributed by atoms with Crippen molar-refractivity contribution < 1.29 is 71.6 Å². The van der Waals surface area contributed by atoms with E-state index in [4.69, 9.17) is 56.8 Å². The van der Waals surface area contributed by atoms with Crippen LogP contribution in [0.15, 0.2) is 72.8 Å². The number of nitro groups is 3. The molecule has 1 fully saturated rings. The molecule has 3 aromatic carbocycles. The van der Waals surface area contributed by atoms with Crippen molar-refractivity contribution in [1.82, 2.24) is 0 Å². The van der Waals surface area contributed by atoms with Crippen molar-refractivity contribution in [3.63, 3.8) is 0 Å². The summed E-state index contributed by atoms with van der Waals surface area (Å²) in [6, 6.07) is 17.6. The summed E-state index contributed by atoms with van der Waals surface area (Å²) in [5.41, 5.74) is 1.53. The Balaban J connectivity index is 1.30. The molecule has 0 N–H and O–H groups in total. The maximum Gasteiger partial charge on any atom is 0.269 e. The quantitative estimate of drug-likeness (QED) is 0.234. The highest BCUT2D eigenvalue weighted by Crippen LogP contribution is 2.24. The second-order valence-corrected chi connectivity index (χ2v) is 12.4. The fourth-order valence-electron chi connectivity index (χ4n) is 5.23. The maximum atomic E-state index is 11.1. The third kappa shape index (κ3) is 18.8. The number of nitro benzene ring substituents is 3. The van der Waals surface area contributed by atoms with Crippen molar-refractivity contribution in [2.45, 2.75) is 18.9 Å². The van der Waals surface area contributed by atoms with Crippen molar-refractivity contribution in [2.24, 2.45) is 0 Å². The molecule has 330 valence electrons. The van der Waals surface area contributed by atoms with Crippen molar-refractivity contribution in [1.29, 1.82) is 0 Å². The van der Waals surface area contributed by atoms with E-state index in [0.717, 1.165) is 0 Å². The summed E-state index contributed by atoms with van der Waals surface area (Å²) in [6.45, 7) is 3.85. The lowest BCUT2D eigenvalue weighted by molar-refractivity contribution is -0.385. The minimum Gasteiger partial charge on any atom is -0.377 e. The molecule has 1 aliphatic rings. The molecule has 0 radical (unpaired) electrons. The second kappa shape index (κ2) is 28.8. The van der Waals surface area contributed by atoms with Crippen LogP contribution in [0, 0.1) is 30.3 Å². The number of non-ortho nitro benzene ring substituents is 3. The van der Waals surface area contributed by atoms with Crippen molar-refractivity contribution in [3.8, 4) is 0 Å². The molecule has 1 heterocycles. The number of nitrogens with zero attached hydrogens (tertiary/aromatic N) is 3. The Morgan fingerprint density at radius 1 is 0.300 bits per heavy atom. The average molecular weight is 850 g/mol. The highest BCUT2D eigenvalue weighted by atomic mass is 16.7. The van der Waals surface area contributed by atoms with Gasteiger partial charge in [0.25, 0.3) is 17.1 Å². The standard InChI is InChI=1S/C39H51N3O18/c43-40(44)34-7-1-31(2-8-34)37-55-25-19-49-13-15-51-21-27-57-38(32-3-9-35(10-4-32)41(45)46)59-29-23-53-17-18-54-24-30-60-39(33-5-11-36(12-6-33)42(47)48)58-28-22-52-16-14-50-20-26-56-37/h1-12,37-39H,13-30H2. The zero-order chi connectivity index (χ0) is 42.6. The van der Waals surface area contributed by atoms with Gasteiger partial charge in [-0.15, -0.1) is 0 Å². The third-order valence-electron chi connectivity index (χ3n) is 8.23. The molecule has 0 aromatic heterocycles. The van der Waals surface area contributed by atoms with E-state index >= 15 is 0 Å². The minimum atomic E-state index is -0.840. The molecular formula is C39H51N3O18. The highest BCUT2D eigenvalue weighted by Gasteiger charge is 2.18. The summed E-state index contributed by atoms with van der Waals surface area (Å²) >= 11 is 0. The Bertz CT molecular complexity index is 1420. The van der Waals surface area contributed by atoms with Gasteiger partial charge < -0.3 is 56.8 Å². The third-order valence-corrected chi connectivity index (χ3v) is 8.23. The Kier molecular flexibility index (Phi) is 23.0. The first kappa shape index (κ1) is 48.1. The number of rotatable bonds is 6. The van der Waals surface area contributed by atoms with Crippen LogP contribution in [0.5, 0.6) is 0 Å². The van der Waals surface area contributed by atoms with Crippen LogP contribution in [0.4, 0.5) is 17.1 Å². The molecule has 3 aromatic rings. The predicted octanol–water partition coefficient (Wildman–Crippen LogP) is 5.02. The Morgan fingerprint density at radius 3 is 0.633 bits per heavy atom. The molecule has 0 spiro atoms. The summed E-state index contributed by atoms with van der Waals surface area (Å²) in [7, 11) is 0. The van der Waals surface area contributed by atoms with Gasteiger partial charge in [-0.05, 0) is 36.4 Å². The van der Waals surface area contributed by atoms with E-state index in [9.17, 15) is 30.3 Å². The first-order chi connectivity index (χ1) is 29.3. The molecular weight excluding hydrogens is 798 g/mol. The maximum absolute atomic E-state index is 11.1. The Labute approximate surface area is 346 Å². The van der Waals surface area contributed by atoms with Gasteiger partial charge in [-0.1, -0.05) is 0 Å². The van der Waals surface area contributed by atoms with Gasteiger partial charge in [-0.25, -0.2) is 0 Å². The van der Waals surface area contributed by atoms with Crippen molar-refractivity contribution in [3.05, 3.63) is 120 Å². The van der Waals surface area contributed by atoms with Crippen molar-refractivity contribution in [2.75, 3.05) is 119 Å². The smallest absolute Gasteiger partial charge is 0.269 e. The minimum absolute atomic E-state index is 0.0663. The fraction of sp³-hybridized carbons (Fsp3) is 0.538. The predicted molar refractivity (Wildman–Crippen MR) is 208 cm³/mol. The molecule has 0 bridgehead atoms. The Hall–Kier alpha value is -4.62. The summed E-state index contributed by atoms with van der Waals surface area (Å²) in [5.74, 6) is 0. The molecule has 0 unspecified atom stereocenters. The Morgan fingerprint density at radius 2 is 0.467 bits per heavy atom. The number of hydrogen-bond acceptors (Lipinski definition) is 18. The van der Waals surface area contributed by atoms with Crippen LogP contribution in [0.1, 0.15) is 35.6 Å². The molecule has 60 heavy (non-hydrogen) atoms. The normalized spacial score (nSPS) is 21.9. The first-order valence-electron chi connectivity index (χ1n) is 19.2. The van der Waals surface area contributed by atoms with E-state index < -0.39 is 33.6 Å². The molecule has 0 atom stereocenters. The molecule has 21 nitrogen and oxygen atoms in total. The van der Waals surface area contributed by atoms with E-state index in [-0.39, 0.29) is 136 Å². The SMILES string of the molecule is O=[N+]([O-])c1ccc(C2OCCOCCOCCOC(c3ccc([N+](=O)[O-])cc3)OCCOCCOCCOC(c3ccc([N+](=O)[O-])cc3)OCCOCCOCCO2)cc1. The van der Waals surface area contributed by atoms with E-state index in [1.54, 1.807) is 36.4 Å². The second-order valence-electron chi connectivity index (χ2n) is 12.4. The number of benzene rings is 3. The molecule has 21 heteroatoms. The summed E-state index contributed by atoms with van der Waals surface area (Å²) < 4.78 is 69.2. The van der Waals surface area contributed by atoms with E-state index in [0.29, 0.717) is 16.7 Å². The van der Waals surface area contributed by atoms with Gasteiger partial charge in [0.05, 0.1) is 134 Å². The summed E-state index contributed by atoms with van der Waals surface area (Å²) in [4.78, 5) is 32.0. The zero-order valence-corrected chi connectivity index (χ0v) is 33.1. The molecule has 1 aliphatic heterocycles. The highest BCUT2D eigenvalue weighted by molar-refractivity contribution is 5.35. The van der Waals surface area contributed by atoms with Gasteiger partial charge in [-0.3, -0.25) is 30.3 Å². The van der Waals surface area contributed by atoms with Crippen LogP contribution < -0.4 is 0 Å². The summed E-state index contributed by atoms with van der Waals surface area (Å²) in [5, 5.41) is 33.4. The van der Waals surface area contributed by atoms with Gasteiger partial charge in [-0.2, -0.15) is 0 Å². The monoisotopic (exact) mass is 849 g/mol. The van der Waals surface area contributed by atoms with Gasteiger partial charge in [0.1, 0.15) is 0 Å². The molecule has 4 rings (SSSR count). The topological polar surface area (TPSA) is 240 Å². The lowest BCUT2D eigenvalue weighted by Gasteiger charge is -2.19. The lowest BCUT2D eigenvalue weighted by Crippen LogP contribution is -2.18. The molecule has 0 amide bonds. The van der Waals surface area contributed by atoms with Crippen LogP contribution in [0.25, 0.3) is 0 Å². The number of hydrogen-bond donors (Lipinski definition) is 0. The van der Waals surface area contributed by atoms with Crippen LogP contribution in [-0.4, -0.2) is 134 Å². The lowest BCUT2D eigenvalue weighted by atomic mass is 10.2. The van der Waals surface area contributed by atoms with Gasteiger partial charge >= 0.3 is 0 Å². The zero-order valence-electron chi connectivity index (χ0n) is 33.1. The van der Waals surface area contributed by atoms with Crippen molar-refractivity contribution >= 4 is 17.1 Å². The summed E-state index contributed by atoms with van der Waals surface area (Å²) in [6.07, 6.45) is -2.52.